The Hall–Kier alpha value is -2.80. The van der Waals surface area contributed by atoms with E-state index in [4.69, 9.17) is 4.74 Å². The average Bonchev–Trinajstić information content (AvgIpc) is 3.14. The SMILES string of the molecule is COc1cccc(-n2c(CNC(=O)C3CCC3)nnc2SCCc2ccccc2)c1. The third-order valence-electron chi connectivity index (χ3n) is 5.37. The summed E-state index contributed by atoms with van der Waals surface area (Å²) in [6.07, 6.45) is 4.05. The number of amides is 1. The largest absolute Gasteiger partial charge is 0.497 e. The topological polar surface area (TPSA) is 69.0 Å². The van der Waals surface area contributed by atoms with Crippen LogP contribution in [0, 0.1) is 5.92 Å². The van der Waals surface area contributed by atoms with E-state index in [0.717, 1.165) is 53.9 Å². The van der Waals surface area contributed by atoms with Crippen molar-refractivity contribution in [2.24, 2.45) is 5.92 Å². The van der Waals surface area contributed by atoms with Crippen LogP contribution in [0.3, 0.4) is 0 Å². The number of carbonyl (C=O) groups excluding carboxylic acids is 1. The first-order valence-electron chi connectivity index (χ1n) is 10.3. The number of benzene rings is 2. The fraction of sp³-hybridized carbons (Fsp3) is 0.348. The predicted octanol–water partition coefficient (Wildman–Crippen LogP) is 4.03. The van der Waals surface area contributed by atoms with Crippen LogP contribution in [-0.2, 0) is 17.8 Å². The molecule has 2 aromatic carbocycles. The van der Waals surface area contributed by atoms with Crippen molar-refractivity contribution in [1.29, 1.82) is 0 Å². The maximum absolute atomic E-state index is 12.3. The molecule has 1 N–H and O–H groups in total. The smallest absolute Gasteiger partial charge is 0.223 e. The zero-order valence-electron chi connectivity index (χ0n) is 17.1. The van der Waals surface area contributed by atoms with Gasteiger partial charge in [-0.3, -0.25) is 9.36 Å². The number of thioether (sulfide) groups is 1. The van der Waals surface area contributed by atoms with Gasteiger partial charge in [-0.2, -0.15) is 0 Å². The molecule has 156 valence electrons. The summed E-state index contributed by atoms with van der Waals surface area (Å²) in [6.45, 7) is 0.360. The summed E-state index contributed by atoms with van der Waals surface area (Å²) < 4.78 is 7.41. The molecule has 0 atom stereocenters. The average molecular weight is 423 g/mol. The molecule has 7 heteroatoms. The van der Waals surface area contributed by atoms with Crippen LogP contribution in [0.5, 0.6) is 5.75 Å². The summed E-state index contributed by atoms with van der Waals surface area (Å²) in [5.41, 5.74) is 2.22. The lowest BCUT2D eigenvalue weighted by Crippen LogP contribution is -2.34. The van der Waals surface area contributed by atoms with Crippen LogP contribution >= 0.6 is 11.8 Å². The van der Waals surface area contributed by atoms with E-state index in [1.54, 1.807) is 18.9 Å². The van der Waals surface area contributed by atoms with E-state index in [9.17, 15) is 4.79 Å². The first kappa shape index (κ1) is 20.5. The maximum atomic E-state index is 12.3. The molecule has 0 aliphatic heterocycles. The molecular formula is C23H26N4O2S. The Labute approximate surface area is 181 Å². The van der Waals surface area contributed by atoms with Crippen molar-refractivity contribution in [3.8, 4) is 11.4 Å². The van der Waals surface area contributed by atoms with Gasteiger partial charge in [0.2, 0.25) is 5.91 Å². The molecule has 0 bridgehead atoms. The lowest BCUT2D eigenvalue weighted by Gasteiger charge is -2.24. The lowest BCUT2D eigenvalue weighted by molar-refractivity contribution is -0.127. The summed E-state index contributed by atoms with van der Waals surface area (Å²) in [5, 5.41) is 12.6. The van der Waals surface area contributed by atoms with Gasteiger partial charge in [0.15, 0.2) is 11.0 Å². The highest BCUT2D eigenvalue weighted by atomic mass is 32.2. The number of carbonyl (C=O) groups is 1. The van der Waals surface area contributed by atoms with Crippen molar-refractivity contribution in [3.63, 3.8) is 0 Å². The number of hydrogen-bond donors (Lipinski definition) is 1. The van der Waals surface area contributed by atoms with Gasteiger partial charge in [-0.05, 0) is 37.0 Å². The molecule has 0 unspecified atom stereocenters. The van der Waals surface area contributed by atoms with Crippen molar-refractivity contribution in [1.82, 2.24) is 20.1 Å². The van der Waals surface area contributed by atoms with Crippen LogP contribution in [-0.4, -0.2) is 33.5 Å². The highest BCUT2D eigenvalue weighted by Crippen LogP contribution is 2.27. The highest BCUT2D eigenvalue weighted by Gasteiger charge is 2.25. The van der Waals surface area contributed by atoms with E-state index in [2.05, 4.69) is 39.8 Å². The zero-order valence-corrected chi connectivity index (χ0v) is 17.9. The second kappa shape index (κ2) is 9.80. The van der Waals surface area contributed by atoms with Crippen molar-refractivity contribution in [2.45, 2.75) is 37.4 Å². The third kappa shape index (κ3) is 4.84. The van der Waals surface area contributed by atoms with Gasteiger partial charge in [-0.1, -0.05) is 54.6 Å². The van der Waals surface area contributed by atoms with Gasteiger partial charge in [0.25, 0.3) is 0 Å². The molecule has 1 aliphatic carbocycles. The summed E-state index contributed by atoms with van der Waals surface area (Å²) in [5.74, 6) is 2.64. The Morgan fingerprint density at radius 3 is 2.73 bits per heavy atom. The van der Waals surface area contributed by atoms with Crippen molar-refractivity contribution < 1.29 is 9.53 Å². The van der Waals surface area contributed by atoms with Crippen LogP contribution in [0.1, 0.15) is 30.7 Å². The van der Waals surface area contributed by atoms with Gasteiger partial charge < -0.3 is 10.1 Å². The Morgan fingerprint density at radius 2 is 2.00 bits per heavy atom. The number of ether oxygens (including phenoxy) is 1. The van der Waals surface area contributed by atoms with Crippen LogP contribution < -0.4 is 10.1 Å². The number of aromatic nitrogens is 3. The molecule has 0 saturated heterocycles. The summed E-state index contributed by atoms with van der Waals surface area (Å²) in [7, 11) is 1.65. The van der Waals surface area contributed by atoms with E-state index in [-0.39, 0.29) is 11.8 Å². The Bertz CT molecular complexity index is 986. The normalized spacial score (nSPS) is 13.6. The van der Waals surface area contributed by atoms with Crippen LogP contribution in [0.25, 0.3) is 5.69 Å². The number of nitrogens with zero attached hydrogens (tertiary/aromatic N) is 3. The van der Waals surface area contributed by atoms with Gasteiger partial charge in [0.1, 0.15) is 5.75 Å². The molecule has 0 spiro atoms. The lowest BCUT2D eigenvalue weighted by atomic mass is 9.85. The number of aryl methyl sites for hydroxylation is 1. The van der Waals surface area contributed by atoms with Gasteiger partial charge in [-0.25, -0.2) is 0 Å². The number of nitrogens with one attached hydrogen (secondary N) is 1. The Balaban J connectivity index is 1.52. The predicted molar refractivity (Wildman–Crippen MR) is 118 cm³/mol. The highest BCUT2D eigenvalue weighted by molar-refractivity contribution is 7.99. The summed E-state index contributed by atoms with van der Waals surface area (Å²) >= 11 is 1.66. The Morgan fingerprint density at radius 1 is 1.17 bits per heavy atom. The standard InChI is InChI=1S/C23H26N4O2S/c1-29-20-12-6-11-19(15-20)27-21(16-24-22(28)18-9-5-10-18)25-26-23(27)30-14-13-17-7-3-2-4-8-17/h2-4,6-8,11-12,15,18H,5,9-10,13-14,16H2,1H3,(H,24,28). The van der Waals surface area contributed by atoms with Gasteiger partial charge in [0.05, 0.1) is 19.3 Å². The zero-order chi connectivity index (χ0) is 20.8. The molecule has 1 fully saturated rings. The number of rotatable bonds is 9. The van der Waals surface area contributed by atoms with E-state index in [0.29, 0.717) is 6.54 Å². The number of methoxy groups -OCH3 is 1. The third-order valence-corrected chi connectivity index (χ3v) is 6.30. The quantitative estimate of drug-likeness (QED) is 0.528. The fourth-order valence-electron chi connectivity index (χ4n) is 3.40. The van der Waals surface area contributed by atoms with E-state index in [1.165, 1.54) is 5.56 Å². The van der Waals surface area contributed by atoms with Crippen LogP contribution in [0.4, 0.5) is 0 Å². The minimum Gasteiger partial charge on any atom is -0.497 e. The maximum Gasteiger partial charge on any atom is 0.223 e. The fourth-order valence-corrected chi connectivity index (χ4v) is 4.36. The first-order valence-corrected chi connectivity index (χ1v) is 11.3. The summed E-state index contributed by atoms with van der Waals surface area (Å²) in [4.78, 5) is 12.3. The van der Waals surface area contributed by atoms with Gasteiger partial charge in [0, 0.05) is 17.7 Å². The summed E-state index contributed by atoms with van der Waals surface area (Å²) in [6, 6.07) is 18.2. The second-order valence-electron chi connectivity index (χ2n) is 7.37. The van der Waals surface area contributed by atoms with Gasteiger partial charge >= 0.3 is 0 Å². The number of hydrogen-bond acceptors (Lipinski definition) is 5. The molecule has 6 nitrogen and oxygen atoms in total. The molecule has 1 saturated carbocycles. The van der Waals surface area contributed by atoms with E-state index >= 15 is 0 Å². The molecule has 1 heterocycles. The van der Waals surface area contributed by atoms with Crippen molar-refractivity contribution in [2.75, 3.05) is 12.9 Å². The molecule has 0 radical (unpaired) electrons. The monoisotopic (exact) mass is 422 g/mol. The van der Waals surface area contributed by atoms with Crippen molar-refractivity contribution >= 4 is 17.7 Å². The van der Waals surface area contributed by atoms with Crippen LogP contribution in [0.15, 0.2) is 59.8 Å². The molecule has 4 rings (SSSR count). The van der Waals surface area contributed by atoms with Crippen molar-refractivity contribution in [3.05, 3.63) is 66.0 Å². The molecule has 30 heavy (non-hydrogen) atoms. The molecule has 1 aromatic heterocycles. The van der Waals surface area contributed by atoms with Crippen LogP contribution in [0.2, 0.25) is 0 Å². The minimum atomic E-state index is 0.111. The minimum absolute atomic E-state index is 0.111. The molecule has 1 amide bonds. The molecule has 1 aliphatic rings. The molecular weight excluding hydrogens is 396 g/mol. The Kier molecular flexibility index (Phi) is 6.69. The second-order valence-corrected chi connectivity index (χ2v) is 8.43. The molecule has 3 aromatic rings. The van der Waals surface area contributed by atoms with E-state index in [1.807, 2.05) is 34.9 Å². The van der Waals surface area contributed by atoms with Gasteiger partial charge in [-0.15, -0.1) is 10.2 Å². The van der Waals surface area contributed by atoms with E-state index < -0.39 is 0 Å². The first-order chi connectivity index (χ1) is 14.7.